The van der Waals surface area contributed by atoms with Crippen molar-refractivity contribution in [3.05, 3.63) is 30.1 Å². The zero-order chi connectivity index (χ0) is 15.4. The Labute approximate surface area is 136 Å². The van der Waals surface area contributed by atoms with E-state index in [2.05, 4.69) is 20.9 Å². The van der Waals surface area contributed by atoms with E-state index in [1.807, 2.05) is 18.5 Å². The third-order valence-corrected chi connectivity index (χ3v) is 6.18. The second-order valence-electron chi connectivity index (χ2n) is 7.58. The van der Waals surface area contributed by atoms with E-state index in [9.17, 15) is 4.79 Å². The smallest absolute Gasteiger partial charge is 0.227 e. The molecule has 4 heterocycles. The Bertz CT molecular complexity index is 584. The summed E-state index contributed by atoms with van der Waals surface area (Å²) in [7, 11) is 0. The Morgan fingerprint density at radius 2 is 1.96 bits per heavy atom. The molecule has 1 aromatic rings. The van der Waals surface area contributed by atoms with Crippen LogP contribution in [0.1, 0.15) is 18.4 Å². The molecule has 0 spiro atoms. The average Bonchev–Trinajstić information content (AvgIpc) is 2.90. The predicted molar refractivity (Wildman–Crippen MR) is 84.5 cm³/mol. The van der Waals surface area contributed by atoms with Gasteiger partial charge in [0.25, 0.3) is 0 Å². The van der Waals surface area contributed by atoms with Crippen LogP contribution in [0.3, 0.4) is 0 Å². The second-order valence-corrected chi connectivity index (χ2v) is 7.58. The number of amides is 1. The maximum atomic E-state index is 12.9. The quantitative estimate of drug-likeness (QED) is 0.840. The maximum Gasteiger partial charge on any atom is 0.227 e. The van der Waals surface area contributed by atoms with Gasteiger partial charge in [-0.1, -0.05) is 6.07 Å². The lowest BCUT2D eigenvalue weighted by atomic mass is 10.1. The van der Waals surface area contributed by atoms with Gasteiger partial charge in [-0.05, 0) is 36.3 Å². The van der Waals surface area contributed by atoms with Crippen molar-refractivity contribution in [2.75, 3.05) is 26.3 Å². The number of pyridine rings is 1. The van der Waals surface area contributed by atoms with Crippen LogP contribution in [-0.2, 0) is 16.1 Å². The van der Waals surface area contributed by atoms with Crippen LogP contribution in [0.5, 0.6) is 0 Å². The molecule has 3 unspecified atom stereocenters. The molecule has 2 bridgehead atoms. The second kappa shape index (κ2) is 5.28. The molecule has 4 fully saturated rings. The molecule has 4 aliphatic rings. The Morgan fingerprint density at radius 1 is 1.22 bits per heavy atom. The number of likely N-dealkylation sites (tertiary alicyclic amines) is 1. The van der Waals surface area contributed by atoms with Gasteiger partial charge in [0.2, 0.25) is 5.91 Å². The van der Waals surface area contributed by atoms with Gasteiger partial charge in [0.1, 0.15) is 0 Å². The van der Waals surface area contributed by atoms with Crippen LogP contribution in [0.25, 0.3) is 0 Å². The number of carbonyl (C=O) groups excluding carboxylic acids is 1. The first-order valence-corrected chi connectivity index (χ1v) is 8.82. The summed E-state index contributed by atoms with van der Waals surface area (Å²) in [6, 6.07) is 4.97. The van der Waals surface area contributed by atoms with Crippen molar-refractivity contribution in [3.8, 4) is 0 Å². The molecule has 5 atom stereocenters. The zero-order valence-electron chi connectivity index (χ0n) is 13.3. The van der Waals surface area contributed by atoms with Crippen molar-refractivity contribution in [2.24, 2.45) is 17.8 Å². The van der Waals surface area contributed by atoms with Crippen LogP contribution in [0.15, 0.2) is 24.5 Å². The SMILES string of the molecule is O=C(C1[C@H]2COC[C@@H]12)N1C2CCC1CN(Cc1cccnc1)C2. The molecule has 23 heavy (non-hydrogen) atoms. The van der Waals surface area contributed by atoms with E-state index in [4.69, 9.17) is 4.74 Å². The minimum Gasteiger partial charge on any atom is -0.381 e. The van der Waals surface area contributed by atoms with E-state index in [0.717, 1.165) is 32.8 Å². The fourth-order valence-corrected chi connectivity index (χ4v) is 5.01. The van der Waals surface area contributed by atoms with Crippen molar-refractivity contribution in [2.45, 2.75) is 31.5 Å². The van der Waals surface area contributed by atoms with Crippen LogP contribution < -0.4 is 0 Å². The molecule has 0 aromatic carbocycles. The Kier molecular flexibility index (Phi) is 3.20. The molecule has 3 saturated heterocycles. The number of hydrogen-bond donors (Lipinski definition) is 0. The van der Waals surface area contributed by atoms with E-state index < -0.39 is 0 Å². The minimum absolute atomic E-state index is 0.275. The largest absolute Gasteiger partial charge is 0.381 e. The fourth-order valence-electron chi connectivity index (χ4n) is 5.01. The van der Waals surface area contributed by atoms with Crippen molar-refractivity contribution in [1.29, 1.82) is 0 Å². The number of hydrogen-bond acceptors (Lipinski definition) is 4. The molecule has 5 nitrogen and oxygen atoms in total. The highest BCUT2D eigenvalue weighted by atomic mass is 16.5. The molecule has 1 amide bonds. The first-order valence-electron chi connectivity index (χ1n) is 8.82. The molecular formula is C18H23N3O2. The lowest BCUT2D eigenvalue weighted by Gasteiger charge is -2.41. The summed E-state index contributed by atoms with van der Waals surface area (Å²) in [5.74, 6) is 1.75. The van der Waals surface area contributed by atoms with E-state index in [1.54, 1.807) is 0 Å². The summed E-state index contributed by atoms with van der Waals surface area (Å²) in [6.45, 7) is 4.57. The Hall–Kier alpha value is -1.46. The highest BCUT2D eigenvalue weighted by molar-refractivity contribution is 5.83. The van der Waals surface area contributed by atoms with E-state index in [-0.39, 0.29) is 5.92 Å². The normalized spacial score (nSPS) is 38.6. The van der Waals surface area contributed by atoms with Gasteiger partial charge in [-0.25, -0.2) is 0 Å². The Balaban J connectivity index is 1.26. The van der Waals surface area contributed by atoms with Gasteiger partial charge in [0.15, 0.2) is 0 Å². The first-order chi connectivity index (χ1) is 11.3. The molecule has 0 radical (unpaired) electrons. The lowest BCUT2D eigenvalue weighted by Crippen LogP contribution is -2.56. The number of ether oxygens (including phenoxy) is 1. The topological polar surface area (TPSA) is 45.7 Å². The van der Waals surface area contributed by atoms with Crippen molar-refractivity contribution >= 4 is 5.91 Å². The number of fused-ring (bicyclic) bond motifs is 3. The van der Waals surface area contributed by atoms with Crippen LogP contribution >= 0.6 is 0 Å². The molecule has 1 aromatic heterocycles. The van der Waals surface area contributed by atoms with Crippen molar-refractivity contribution in [1.82, 2.24) is 14.8 Å². The average molecular weight is 313 g/mol. The lowest BCUT2D eigenvalue weighted by molar-refractivity contribution is -0.140. The van der Waals surface area contributed by atoms with Crippen LogP contribution in [0, 0.1) is 17.8 Å². The Morgan fingerprint density at radius 3 is 2.61 bits per heavy atom. The van der Waals surface area contributed by atoms with Crippen molar-refractivity contribution < 1.29 is 9.53 Å². The molecule has 1 aliphatic carbocycles. The third kappa shape index (κ3) is 2.29. The van der Waals surface area contributed by atoms with Crippen LogP contribution in [0.4, 0.5) is 0 Å². The molecule has 5 heteroatoms. The van der Waals surface area contributed by atoms with Crippen LogP contribution in [0.2, 0.25) is 0 Å². The molecule has 122 valence electrons. The predicted octanol–water partition coefficient (Wildman–Crippen LogP) is 1.15. The number of nitrogens with zero attached hydrogens (tertiary/aromatic N) is 3. The van der Waals surface area contributed by atoms with Gasteiger partial charge in [0, 0.05) is 50.0 Å². The molecule has 0 N–H and O–H groups in total. The van der Waals surface area contributed by atoms with E-state index in [1.165, 1.54) is 18.4 Å². The minimum atomic E-state index is 0.275. The highest BCUT2D eigenvalue weighted by Gasteiger charge is 2.60. The summed E-state index contributed by atoms with van der Waals surface area (Å²) in [5, 5.41) is 0. The monoisotopic (exact) mass is 313 g/mol. The van der Waals surface area contributed by atoms with Gasteiger partial charge in [-0.15, -0.1) is 0 Å². The van der Waals surface area contributed by atoms with Gasteiger partial charge < -0.3 is 9.64 Å². The first kappa shape index (κ1) is 13.9. The molecular weight excluding hydrogens is 290 g/mol. The highest BCUT2D eigenvalue weighted by Crippen LogP contribution is 2.52. The molecule has 1 saturated carbocycles. The van der Waals surface area contributed by atoms with E-state index >= 15 is 0 Å². The number of rotatable bonds is 3. The number of carbonyl (C=O) groups is 1. The summed E-state index contributed by atoms with van der Waals surface area (Å²) >= 11 is 0. The standard InChI is InChI=1S/C18H23N3O2/c22-18(17-15-10-23-11-16(15)17)21-13-3-4-14(21)9-20(8-13)7-12-2-1-5-19-6-12/h1-2,5-6,13-17H,3-4,7-11H2/t13?,14?,15-,16+,17?. The van der Waals surface area contributed by atoms with Gasteiger partial charge in [-0.2, -0.15) is 0 Å². The maximum absolute atomic E-state index is 12.9. The van der Waals surface area contributed by atoms with Gasteiger partial charge >= 0.3 is 0 Å². The van der Waals surface area contributed by atoms with Crippen molar-refractivity contribution in [3.63, 3.8) is 0 Å². The number of piperazine rings is 1. The summed E-state index contributed by atoms with van der Waals surface area (Å²) in [6.07, 6.45) is 6.10. The number of aromatic nitrogens is 1. The van der Waals surface area contributed by atoms with Gasteiger partial charge in [-0.3, -0.25) is 14.7 Å². The fraction of sp³-hybridized carbons (Fsp3) is 0.667. The zero-order valence-corrected chi connectivity index (χ0v) is 13.3. The summed E-state index contributed by atoms with van der Waals surface area (Å²) < 4.78 is 5.44. The summed E-state index contributed by atoms with van der Waals surface area (Å²) in [5.41, 5.74) is 1.26. The van der Waals surface area contributed by atoms with E-state index in [0.29, 0.717) is 29.8 Å². The van der Waals surface area contributed by atoms with Crippen LogP contribution in [-0.4, -0.2) is 59.1 Å². The molecule has 5 rings (SSSR count). The van der Waals surface area contributed by atoms with Gasteiger partial charge in [0.05, 0.1) is 13.2 Å². The molecule has 3 aliphatic heterocycles. The summed E-state index contributed by atoms with van der Waals surface area (Å²) in [4.78, 5) is 21.9. The third-order valence-electron chi connectivity index (χ3n) is 6.18.